The van der Waals surface area contributed by atoms with E-state index >= 15 is 0 Å². The lowest BCUT2D eigenvalue weighted by atomic mass is 10.1. The van der Waals surface area contributed by atoms with Crippen LogP contribution in [0.25, 0.3) is 0 Å². The number of pyridine rings is 1. The standard InChI is InChI=1S/C12H13BrN2O2S2/c1-9(10-3-6-14-7-4-10)15(2)19(16,17)12-11(13)5-8-18-12/h3-9H,1-2H3. The second-order valence-electron chi connectivity index (χ2n) is 4.03. The van der Waals surface area contributed by atoms with E-state index in [0.717, 1.165) is 5.56 Å². The zero-order valence-electron chi connectivity index (χ0n) is 10.4. The Labute approximate surface area is 125 Å². The smallest absolute Gasteiger partial charge is 0.253 e. The number of nitrogens with zero attached hydrogens (tertiary/aromatic N) is 2. The molecule has 0 aliphatic carbocycles. The summed E-state index contributed by atoms with van der Waals surface area (Å²) in [5.74, 6) is 0. The number of sulfonamides is 1. The molecule has 0 aliphatic rings. The summed E-state index contributed by atoms with van der Waals surface area (Å²) in [7, 11) is -1.90. The average molecular weight is 361 g/mol. The first kappa shape index (κ1) is 14.6. The van der Waals surface area contributed by atoms with E-state index in [1.807, 2.05) is 19.1 Å². The average Bonchev–Trinajstić information content (AvgIpc) is 2.85. The van der Waals surface area contributed by atoms with Gasteiger partial charge in [-0.15, -0.1) is 11.3 Å². The Morgan fingerprint density at radius 3 is 2.47 bits per heavy atom. The van der Waals surface area contributed by atoms with Gasteiger partial charge in [-0.05, 0) is 52.0 Å². The highest BCUT2D eigenvalue weighted by Gasteiger charge is 2.29. The van der Waals surface area contributed by atoms with Crippen LogP contribution in [0.4, 0.5) is 0 Å². The first-order valence-electron chi connectivity index (χ1n) is 5.55. The van der Waals surface area contributed by atoms with Gasteiger partial charge >= 0.3 is 0 Å². The Bertz CT molecular complexity index is 655. The first-order valence-corrected chi connectivity index (χ1v) is 8.67. The molecule has 0 amide bonds. The molecule has 0 N–H and O–H groups in total. The van der Waals surface area contributed by atoms with E-state index in [-0.39, 0.29) is 6.04 Å². The molecule has 2 aromatic heterocycles. The largest absolute Gasteiger partial charge is 0.265 e. The maximum absolute atomic E-state index is 12.5. The lowest BCUT2D eigenvalue weighted by Gasteiger charge is -2.24. The highest BCUT2D eigenvalue weighted by Crippen LogP contribution is 2.33. The molecule has 7 heteroatoms. The Kier molecular flexibility index (Phi) is 4.39. The number of aromatic nitrogens is 1. The normalized spacial score (nSPS) is 13.7. The third kappa shape index (κ3) is 2.89. The van der Waals surface area contributed by atoms with Gasteiger partial charge in [-0.1, -0.05) is 0 Å². The fourth-order valence-corrected chi connectivity index (χ4v) is 5.48. The van der Waals surface area contributed by atoms with Gasteiger partial charge in [0.2, 0.25) is 0 Å². The highest BCUT2D eigenvalue weighted by molar-refractivity contribution is 9.10. The van der Waals surface area contributed by atoms with Crippen molar-refractivity contribution >= 4 is 37.3 Å². The molecule has 102 valence electrons. The van der Waals surface area contributed by atoms with Crippen molar-refractivity contribution in [2.24, 2.45) is 0 Å². The van der Waals surface area contributed by atoms with E-state index in [9.17, 15) is 8.42 Å². The molecule has 0 fully saturated rings. The lowest BCUT2D eigenvalue weighted by Crippen LogP contribution is -2.29. The number of rotatable bonds is 4. The van der Waals surface area contributed by atoms with Crippen molar-refractivity contribution in [2.45, 2.75) is 17.2 Å². The summed E-state index contributed by atoms with van der Waals surface area (Å²) in [5.41, 5.74) is 0.911. The Hall–Kier alpha value is -0.760. The Balaban J connectivity index is 2.34. The van der Waals surface area contributed by atoms with Gasteiger partial charge < -0.3 is 0 Å². The number of hydrogen-bond donors (Lipinski definition) is 0. The molecule has 0 aliphatic heterocycles. The van der Waals surface area contributed by atoms with Gasteiger partial charge in [-0.25, -0.2) is 8.42 Å². The maximum Gasteiger partial charge on any atom is 0.253 e. The second-order valence-corrected chi connectivity index (χ2v) is 8.00. The van der Waals surface area contributed by atoms with Gasteiger partial charge in [-0.3, -0.25) is 4.98 Å². The van der Waals surface area contributed by atoms with Crippen molar-refractivity contribution in [3.8, 4) is 0 Å². The molecule has 1 atom stereocenters. The van der Waals surface area contributed by atoms with Crippen LogP contribution >= 0.6 is 27.3 Å². The minimum absolute atomic E-state index is 0.248. The highest BCUT2D eigenvalue weighted by atomic mass is 79.9. The van der Waals surface area contributed by atoms with E-state index in [1.165, 1.54) is 15.6 Å². The third-order valence-electron chi connectivity index (χ3n) is 2.93. The summed E-state index contributed by atoms with van der Waals surface area (Å²) in [6.07, 6.45) is 3.32. The van der Waals surface area contributed by atoms with Crippen LogP contribution in [0.5, 0.6) is 0 Å². The zero-order valence-corrected chi connectivity index (χ0v) is 13.7. The molecule has 0 saturated carbocycles. The monoisotopic (exact) mass is 360 g/mol. The molecular weight excluding hydrogens is 348 g/mol. The molecule has 19 heavy (non-hydrogen) atoms. The Morgan fingerprint density at radius 2 is 1.95 bits per heavy atom. The van der Waals surface area contributed by atoms with Crippen LogP contribution in [-0.4, -0.2) is 24.8 Å². The van der Waals surface area contributed by atoms with Gasteiger partial charge in [0.1, 0.15) is 4.21 Å². The molecule has 2 rings (SSSR count). The van der Waals surface area contributed by atoms with Crippen molar-refractivity contribution in [1.29, 1.82) is 0 Å². The van der Waals surface area contributed by atoms with Crippen LogP contribution in [-0.2, 0) is 10.0 Å². The van der Waals surface area contributed by atoms with Gasteiger partial charge in [0.25, 0.3) is 10.0 Å². The summed E-state index contributed by atoms with van der Waals surface area (Å²) < 4.78 is 27.3. The molecule has 0 aromatic carbocycles. The topological polar surface area (TPSA) is 50.3 Å². The van der Waals surface area contributed by atoms with E-state index in [4.69, 9.17) is 0 Å². The summed E-state index contributed by atoms with van der Waals surface area (Å²) in [6, 6.07) is 5.13. The van der Waals surface area contributed by atoms with Crippen molar-refractivity contribution in [3.63, 3.8) is 0 Å². The van der Waals surface area contributed by atoms with Crippen LogP contribution in [0.15, 0.2) is 44.7 Å². The van der Waals surface area contributed by atoms with Crippen LogP contribution in [0.3, 0.4) is 0 Å². The van der Waals surface area contributed by atoms with Crippen LogP contribution < -0.4 is 0 Å². The second kappa shape index (κ2) is 5.70. The van der Waals surface area contributed by atoms with E-state index in [0.29, 0.717) is 8.68 Å². The molecule has 2 aromatic rings. The maximum atomic E-state index is 12.5. The summed E-state index contributed by atoms with van der Waals surface area (Å²) in [6.45, 7) is 1.86. The van der Waals surface area contributed by atoms with Gasteiger partial charge in [0, 0.05) is 30.0 Å². The molecule has 1 unspecified atom stereocenters. The van der Waals surface area contributed by atoms with Crippen molar-refractivity contribution < 1.29 is 8.42 Å². The van der Waals surface area contributed by atoms with Gasteiger partial charge in [0.05, 0.1) is 0 Å². The SMILES string of the molecule is CC(c1ccncc1)N(C)S(=O)(=O)c1sccc1Br. The number of hydrogen-bond acceptors (Lipinski definition) is 4. The number of thiophene rings is 1. The fourth-order valence-electron chi connectivity index (χ4n) is 1.65. The lowest BCUT2D eigenvalue weighted by molar-refractivity contribution is 0.399. The third-order valence-corrected chi connectivity index (χ3v) is 7.51. The van der Waals surface area contributed by atoms with E-state index in [1.54, 1.807) is 30.9 Å². The minimum atomic E-state index is -3.49. The van der Waals surface area contributed by atoms with E-state index in [2.05, 4.69) is 20.9 Å². The minimum Gasteiger partial charge on any atom is -0.265 e. The van der Waals surface area contributed by atoms with Crippen molar-refractivity contribution in [2.75, 3.05) is 7.05 Å². The van der Waals surface area contributed by atoms with Crippen molar-refractivity contribution in [1.82, 2.24) is 9.29 Å². The van der Waals surface area contributed by atoms with Crippen LogP contribution in [0, 0.1) is 0 Å². The van der Waals surface area contributed by atoms with Gasteiger partial charge in [-0.2, -0.15) is 4.31 Å². The summed E-state index contributed by atoms with van der Waals surface area (Å²) in [5, 5.41) is 1.75. The molecule has 0 saturated heterocycles. The van der Waals surface area contributed by atoms with Crippen molar-refractivity contribution in [3.05, 3.63) is 46.0 Å². The van der Waals surface area contributed by atoms with Gasteiger partial charge in [0.15, 0.2) is 0 Å². The molecule has 0 spiro atoms. The molecular formula is C12H13BrN2O2S2. The fraction of sp³-hybridized carbons (Fsp3) is 0.250. The Morgan fingerprint density at radius 1 is 1.32 bits per heavy atom. The first-order chi connectivity index (χ1) is 8.94. The van der Waals surface area contributed by atoms with Crippen LogP contribution in [0.2, 0.25) is 0 Å². The summed E-state index contributed by atoms with van der Waals surface area (Å²) >= 11 is 4.48. The van der Waals surface area contributed by atoms with Crippen LogP contribution in [0.1, 0.15) is 18.5 Å². The molecule has 4 nitrogen and oxygen atoms in total. The zero-order chi connectivity index (χ0) is 14.0. The predicted molar refractivity (Wildman–Crippen MR) is 79.6 cm³/mol. The summed E-state index contributed by atoms with van der Waals surface area (Å²) in [4.78, 5) is 3.94. The van der Waals surface area contributed by atoms with E-state index < -0.39 is 10.0 Å². The molecule has 0 bridgehead atoms. The molecule has 0 radical (unpaired) electrons. The number of halogens is 1. The predicted octanol–water partition coefficient (Wildman–Crippen LogP) is 3.29. The quantitative estimate of drug-likeness (QED) is 0.840. The molecule has 2 heterocycles.